The van der Waals surface area contributed by atoms with Gasteiger partial charge in [-0.2, -0.15) is 0 Å². The predicted octanol–water partition coefficient (Wildman–Crippen LogP) is 2.33. The fourth-order valence-corrected chi connectivity index (χ4v) is 2.39. The zero-order valence-electron chi connectivity index (χ0n) is 10.6. The van der Waals surface area contributed by atoms with Crippen LogP contribution in [0, 0.1) is 5.41 Å². The lowest BCUT2D eigenvalue weighted by Gasteiger charge is -2.26. The lowest BCUT2D eigenvalue weighted by molar-refractivity contribution is -0.137. The highest BCUT2D eigenvalue weighted by Gasteiger charge is 2.32. The molecule has 17 heavy (non-hydrogen) atoms. The minimum absolute atomic E-state index is 0.102. The number of nitrogens with one attached hydrogen (secondary N) is 1. The first-order valence-corrected chi connectivity index (χ1v) is 6.55. The SMILES string of the molecule is CC1(C(=O)NCCCC(=O)O)CCCCCC1. The van der Waals surface area contributed by atoms with Crippen LogP contribution in [0.2, 0.25) is 0 Å². The van der Waals surface area contributed by atoms with E-state index >= 15 is 0 Å². The van der Waals surface area contributed by atoms with E-state index in [9.17, 15) is 9.59 Å². The first kappa shape index (κ1) is 14.0. The Bertz CT molecular complexity index is 268. The van der Waals surface area contributed by atoms with Gasteiger partial charge in [0.2, 0.25) is 5.91 Å². The highest BCUT2D eigenvalue weighted by Crippen LogP contribution is 2.34. The number of rotatable bonds is 5. The van der Waals surface area contributed by atoms with Gasteiger partial charge in [-0.15, -0.1) is 0 Å². The number of amides is 1. The Morgan fingerprint density at radius 1 is 1.18 bits per heavy atom. The summed E-state index contributed by atoms with van der Waals surface area (Å²) < 4.78 is 0. The van der Waals surface area contributed by atoms with Gasteiger partial charge in [0.15, 0.2) is 0 Å². The van der Waals surface area contributed by atoms with Crippen molar-refractivity contribution in [2.75, 3.05) is 6.54 Å². The molecule has 0 heterocycles. The van der Waals surface area contributed by atoms with E-state index in [1.165, 1.54) is 12.8 Å². The molecule has 0 spiro atoms. The molecule has 0 radical (unpaired) electrons. The normalized spacial score (nSPS) is 19.4. The number of carboxylic acids is 1. The minimum Gasteiger partial charge on any atom is -0.481 e. The van der Waals surface area contributed by atoms with Crippen molar-refractivity contribution in [3.63, 3.8) is 0 Å². The second-order valence-electron chi connectivity index (χ2n) is 5.23. The summed E-state index contributed by atoms with van der Waals surface area (Å²) in [6, 6.07) is 0. The van der Waals surface area contributed by atoms with Crippen LogP contribution in [0.1, 0.15) is 58.3 Å². The Labute approximate surface area is 103 Å². The quantitative estimate of drug-likeness (QED) is 0.573. The maximum atomic E-state index is 12.1. The third-order valence-electron chi connectivity index (χ3n) is 3.61. The molecule has 0 aromatic carbocycles. The van der Waals surface area contributed by atoms with Gasteiger partial charge in [-0.1, -0.05) is 32.6 Å². The summed E-state index contributed by atoms with van der Waals surface area (Å²) in [5, 5.41) is 11.4. The second-order valence-corrected chi connectivity index (χ2v) is 5.23. The molecule has 1 fully saturated rings. The Balaban J connectivity index is 2.31. The van der Waals surface area contributed by atoms with Gasteiger partial charge in [0.05, 0.1) is 0 Å². The summed E-state index contributed by atoms with van der Waals surface area (Å²) in [6.07, 6.45) is 7.24. The van der Waals surface area contributed by atoms with Crippen molar-refractivity contribution < 1.29 is 14.7 Å². The molecular formula is C13H23NO3. The van der Waals surface area contributed by atoms with Crippen LogP contribution < -0.4 is 5.32 Å². The molecule has 1 rings (SSSR count). The van der Waals surface area contributed by atoms with Crippen LogP contribution in [-0.2, 0) is 9.59 Å². The fraction of sp³-hybridized carbons (Fsp3) is 0.846. The zero-order chi connectivity index (χ0) is 12.7. The third-order valence-corrected chi connectivity index (χ3v) is 3.61. The molecule has 1 amide bonds. The van der Waals surface area contributed by atoms with E-state index in [1.807, 2.05) is 6.92 Å². The van der Waals surface area contributed by atoms with Crippen LogP contribution in [-0.4, -0.2) is 23.5 Å². The van der Waals surface area contributed by atoms with Crippen molar-refractivity contribution in [1.82, 2.24) is 5.32 Å². The van der Waals surface area contributed by atoms with E-state index in [-0.39, 0.29) is 17.7 Å². The number of carboxylic acid groups (broad SMARTS) is 1. The average molecular weight is 241 g/mol. The van der Waals surface area contributed by atoms with Gasteiger partial charge in [-0.25, -0.2) is 0 Å². The highest BCUT2D eigenvalue weighted by atomic mass is 16.4. The van der Waals surface area contributed by atoms with E-state index in [4.69, 9.17) is 5.11 Å². The van der Waals surface area contributed by atoms with Crippen molar-refractivity contribution in [1.29, 1.82) is 0 Å². The van der Waals surface area contributed by atoms with Crippen LogP contribution in [0.15, 0.2) is 0 Å². The summed E-state index contributed by atoms with van der Waals surface area (Å²) in [7, 11) is 0. The van der Waals surface area contributed by atoms with Gasteiger partial charge in [0, 0.05) is 18.4 Å². The second kappa shape index (κ2) is 6.62. The van der Waals surface area contributed by atoms with Gasteiger partial charge in [-0.3, -0.25) is 9.59 Å². The molecule has 0 aliphatic heterocycles. The van der Waals surface area contributed by atoms with Gasteiger partial charge in [0.1, 0.15) is 0 Å². The number of carbonyl (C=O) groups excluding carboxylic acids is 1. The molecule has 2 N–H and O–H groups in total. The van der Waals surface area contributed by atoms with Crippen molar-refractivity contribution in [3.8, 4) is 0 Å². The Morgan fingerprint density at radius 2 is 1.76 bits per heavy atom. The first-order chi connectivity index (χ1) is 8.04. The first-order valence-electron chi connectivity index (χ1n) is 6.55. The molecule has 1 aliphatic rings. The topological polar surface area (TPSA) is 66.4 Å². The standard InChI is InChI=1S/C13H23NO3/c1-13(8-4-2-3-5-9-13)12(17)14-10-6-7-11(15)16/h2-10H2,1H3,(H,14,17)(H,15,16). The molecule has 0 aromatic rings. The zero-order valence-corrected chi connectivity index (χ0v) is 10.6. The van der Waals surface area contributed by atoms with Crippen LogP contribution in [0.5, 0.6) is 0 Å². The maximum Gasteiger partial charge on any atom is 0.303 e. The monoisotopic (exact) mass is 241 g/mol. The van der Waals surface area contributed by atoms with Crippen molar-refractivity contribution >= 4 is 11.9 Å². The molecule has 1 aliphatic carbocycles. The minimum atomic E-state index is -0.806. The lowest BCUT2D eigenvalue weighted by atomic mass is 9.81. The average Bonchev–Trinajstić information content (AvgIpc) is 2.50. The highest BCUT2D eigenvalue weighted by molar-refractivity contribution is 5.82. The van der Waals surface area contributed by atoms with Gasteiger partial charge < -0.3 is 10.4 Å². The molecule has 0 atom stereocenters. The predicted molar refractivity (Wildman–Crippen MR) is 65.7 cm³/mol. The van der Waals surface area contributed by atoms with Crippen molar-refractivity contribution in [2.24, 2.45) is 5.41 Å². The van der Waals surface area contributed by atoms with E-state index in [1.54, 1.807) is 0 Å². The van der Waals surface area contributed by atoms with E-state index < -0.39 is 5.97 Å². The Hall–Kier alpha value is -1.06. The smallest absolute Gasteiger partial charge is 0.303 e. The van der Waals surface area contributed by atoms with Gasteiger partial charge in [-0.05, 0) is 19.3 Å². The molecule has 0 unspecified atom stereocenters. The van der Waals surface area contributed by atoms with Gasteiger partial charge >= 0.3 is 5.97 Å². The number of hydrogen-bond donors (Lipinski definition) is 2. The summed E-state index contributed by atoms with van der Waals surface area (Å²) in [5.74, 6) is -0.704. The maximum absolute atomic E-state index is 12.1. The molecule has 0 bridgehead atoms. The Kier molecular flexibility index (Phi) is 5.45. The Morgan fingerprint density at radius 3 is 2.29 bits per heavy atom. The fourth-order valence-electron chi connectivity index (χ4n) is 2.39. The van der Waals surface area contributed by atoms with Crippen LogP contribution in [0.3, 0.4) is 0 Å². The van der Waals surface area contributed by atoms with Gasteiger partial charge in [0.25, 0.3) is 0 Å². The lowest BCUT2D eigenvalue weighted by Crippen LogP contribution is -2.39. The van der Waals surface area contributed by atoms with Crippen LogP contribution in [0.25, 0.3) is 0 Å². The number of aliphatic carboxylic acids is 1. The van der Waals surface area contributed by atoms with Crippen LogP contribution in [0.4, 0.5) is 0 Å². The third kappa shape index (κ3) is 4.75. The number of hydrogen-bond acceptors (Lipinski definition) is 2. The molecule has 1 saturated carbocycles. The molecular weight excluding hydrogens is 218 g/mol. The molecule has 4 nitrogen and oxygen atoms in total. The molecule has 98 valence electrons. The van der Waals surface area contributed by atoms with Crippen molar-refractivity contribution in [2.45, 2.75) is 58.3 Å². The summed E-state index contributed by atoms with van der Waals surface area (Å²) in [4.78, 5) is 22.4. The molecule has 0 aromatic heterocycles. The number of carbonyl (C=O) groups is 2. The van der Waals surface area contributed by atoms with Crippen molar-refractivity contribution in [3.05, 3.63) is 0 Å². The van der Waals surface area contributed by atoms with E-state index in [0.29, 0.717) is 13.0 Å². The summed E-state index contributed by atoms with van der Waals surface area (Å²) in [5.41, 5.74) is -0.236. The summed E-state index contributed by atoms with van der Waals surface area (Å²) in [6.45, 7) is 2.51. The van der Waals surface area contributed by atoms with E-state index in [0.717, 1.165) is 25.7 Å². The van der Waals surface area contributed by atoms with E-state index in [2.05, 4.69) is 5.32 Å². The summed E-state index contributed by atoms with van der Waals surface area (Å²) >= 11 is 0. The largest absolute Gasteiger partial charge is 0.481 e. The van der Waals surface area contributed by atoms with Crippen LogP contribution >= 0.6 is 0 Å². The molecule has 0 saturated heterocycles. The molecule has 4 heteroatoms.